The Bertz CT molecular complexity index is 442. The number of allylic oxidation sites excluding steroid dienone is 2. The molecule has 1 unspecified atom stereocenters. The summed E-state index contributed by atoms with van der Waals surface area (Å²) in [7, 11) is 0. The zero-order valence-electron chi connectivity index (χ0n) is 8.99. The van der Waals surface area contributed by atoms with E-state index in [1.165, 1.54) is 6.07 Å². The molecule has 1 atom stereocenters. The first kappa shape index (κ1) is 12.3. The third-order valence-corrected chi connectivity index (χ3v) is 2.86. The van der Waals surface area contributed by atoms with Crippen molar-refractivity contribution < 1.29 is 4.79 Å². The van der Waals surface area contributed by atoms with Crippen LogP contribution in [0.1, 0.15) is 19.3 Å². The summed E-state index contributed by atoms with van der Waals surface area (Å²) in [4.78, 5) is 19.3. The molecule has 90 valence electrons. The number of amides is 1. The van der Waals surface area contributed by atoms with Gasteiger partial charge in [0, 0.05) is 12.5 Å². The van der Waals surface area contributed by atoms with Crippen molar-refractivity contribution in [1.29, 1.82) is 0 Å². The first-order valence-corrected chi connectivity index (χ1v) is 6.05. The highest BCUT2D eigenvalue weighted by atomic mass is 35.5. The molecule has 2 rings (SSSR count). The van der Waals surface area contributed by atoms with Crippen LogP contribution in [-0.4, -0.2) is 15.9 Å². The van der Waals surface area contributed by atoms with Gasteiger partial charge in [-0.3, -0.25) is 4.79 Å². The summed E-state index contributed by atoms with van der Waals surface area (Å²) in [5.74, 6) is 0.567. The van der Waals surface area contributed by atoms with Crippen molar-refractivity contribution in [3.05, 3.63) is 28.7 Å². The molecule has 0 spiro atoms. The van der Waals surface area contributed by atoms with Gasteiger partial charge in [0.25, 0.3) is 0 Å². The van der Waals surface area contributed by atoms with Gasteiger partial charge in [-0.2, -0.15) is 0 Å². The van der Waals surface area contributed by atoms with Crippen LogP contribution in [-0.2, 0) is 4.79 Å². The summed E-state index contributed by atoms with van der Waals surface area (Å²) in [6.45, 7) is 0. The Morgan fingerprint density at radius 1 is 1.47 bits per heavy atom. The smallest absolute Gasteiger partial charge is 0.226 e. The second-order valence-corrected chi connectivity index (χ2v) is 4.59. The van der Waals surface area contributed by atoms with Crippen LogP contribution in [0.15, 0.2) is 18.2 Å². The van der Waals surface area contributed by atoms with Crippen LogP contribution in [0.5, 0.6) is 0 Å². The zero-order chi connectivity index (χ0) is 12.3. The lowest BCUT2D eigenvalue weighted by molar-refractivity contribution is -0.116. The molecule has 1 heterocycles. The van der Waals surface area contributed by atoms with Gasteiger partial charge in [0.15, 0.2) is 0 Å². The van der Waals surface area contributed by atoms with Gasteiger partial charge in [0.2, 0.25) is 11.2 Å². The number of anilines is 1. The van der Waals surface area contributed by atoms with E-state index in [0.29, 0.717) is 18.2 Å². The van der Waals surface area contributed by atoms with Crippen molar-refractivity contribution in [3.63, 3.8) is 0 Å². The molecule has 1 aromatic heterocycles. The molecular weight excluding hydrogens is 261 g/mol. The molecule has 1 N–H and O–H groups in total. The van der Waals surface area contributed by atoms with E-state index in [1.807, 2.05) is 0 Å². The summed E-state index contributed by atoms with van der Waals surface area (Å²) in [5, 5.41) is 2.89. The van der Waals surface area contributed by atoms with Crippen molar-refractivity contribution in [1.82, 2.24) is 9.97 Å². The number of hydrogen-bond donors (Lipinski definition) is 1. The molecule has 17 heavy (non-hydrogen) atoms. The van der Waals surface area contributed by atoms with Gasteiger partial charge in [0.1, 0.15) is 11.0 Å². The highest BCUT2D eigenvalue weighted by Gasteiger charge is 2.14. The van der Waals surface area contributed by atoms with Crippen LogP contribution in [0, 0.1) is 5.92 Å². The highest BCUT2D eigenvalue weighted by molar-refractivity contribution is 6.32. The summed E-state index contributed by atoms with van der Waals surface area (Å²) < 4.78 is 0. The van der Waals surface area contributed by atoms with Crippen molar-refractivity contribution in [2.75, 3.05) is 5.32 Å². The van der Waals surface area contributed by atoms with Gasteiger partial charge in [0.05, 0.1) is 0 Å². The lowest BCUT2D eigenvalue weighted by atomic mass is 10.1. The zero-order valence-corrected chi connectivity index (χ0v) is 10.5. The summed E-state index contributed by atoms with van der Waals surface area (Å²) in [5.41, 5.74) is 0. The molecule has 4 nitrogen and oxygen atoms in total. The molecule has 0 saturated heterocycles. The molecule has 0 aliphatic heterocycles. The fraction of sp³-hybridized carbons (Fsp3) is 0.364. The van der Waals surface area contributed by atoms with E-state index in [2.05, 4.69) is 27.4 Å². The SMILES string of the molecule is O=C(CC1C=CCC1)Nc1cc(Cl)nc(Cl)n1. The maximum atomic E-state index is 11.7. The number of carbonyl (C=O) groups is 1. The fourth-order valence-electron chi connectivity index (χ4n) is 1.75. The Balaban J connectivity index is 1.95. The summed E-state index contributed by atoms with van der Waals surface area (Å²) in [6, 6.07) is 1.47. The second-order valence-electron chi connectivity index (χ2n) is 3.86. The summed E-state index contributed by atoms with van der Waals surface area (Å²) in [6.07, 6.45) is 6.69. The van der Waals surface area contributed by atoms with Gasteiger partial charge in [-0.15, -0.1) is 0 Å². The predicted molar refractivity (Wildman–Crippen MR) is 67.2 cm³/mol. The van der Waals surface area contributed by atoms with Crippen LogP contribution in [0.25, 0.3) is 0 Å². The molecule has 6 heteroatoms. The Morgan fingerprint density at radius 2 is 2.29 bits per heavy atom. The van der Waals surface area contributed by atoms with E-state index in [-0.39, 0.29) is 16.3 Å². The average molecular weight is 272 g/mol. The van der Waals surface area contributed by atoms with E-state index in [0.717, 1.165) is 12.8 Å². The molecular formula is C11H11Cl2N3O. The number of carbonyl (C=O) groups excluding carboxylic acids is 1. The van der Waals surface area contributed by atoms with E-state index in [1.54, 1.807) is 0 Å². The minimum atomic E-state index is -0.0904. The first-order valence-electron chi connectivity index (χ1n) is 5.30. The van der Waals surface area contributed by atoms with Gasteiger partial charge in [-0.1, -0.05) is 23.8 Å². The maximum Gasteiger partial charge on any atom is 0.226 e. The van der Waals surface area contributed by atoms with Crippen LogP contribution in [0.2, 0.25) is 10.4 Å². The molecule has 0 saturated carbocycles. The van der Waals surface area contributed by atoms with Crippen molar-refractivity contribution in [2.24, 2.45) is 5.92 Å². The molecule has 0 bridgehead atoms. The minimum absolute atomic E-state index is 0.0218. The van der Waals surface area contributed by atoms with Gasteiger partial charge >= 0.3 is 0 Å². The van der Waals surface area contributed by atoms with Crippen molar-refractivity contribution >= 4 is 34.9 Å². The Labute approximate surface area is 109 Å². The average Bonchev–Trinajstić information content (AvgIpc) is 2.67. The largest absolute Gasteiger partial charge is 0.310 e. The number of rotatable bonds is 3. The van der Waals surface area contributed by atoms with Gasteiger partial charge < -0.3 is 5.32 Å². The van der Waals surface area contributed by atoms with E-state index >= 15 is 0 Å². The van der Waals surface area contributed by atoms with Crippen molar-refractivity contribution in [3.8, 4) is 0 Å². The first-order chi connectivity index (χ1) is 8.13. The molecule has 0 aromatic carbocycles. The maximum absolute atomic E-state index is 11.7. The monoisotopic (exact) mass is 271 g/mol. The van der Waals surface area contributed by atoms with Crippen LogP contribution < -0.4 is 5.32 Å². The van der Waals surface area contributed by atoms with Crippen molar-refractivity contribution in [2.45, 2.75) is 19.3 Å². The number of hydrogen-bond acceptors (Lipinski definition) is 3. The Kier molecular flexibility index (Phi) is 3.97. The van der Waals surface area contributed by atoms with E-state index in [9.17, 15) is 4.79 Å². The van der Waals surface area contributed by atoms with Crippen LogP contribution >= 0.6 is 23.2 Å². The lowest BCUT2D eigenvalue weighted by Crippen LogP contribution is -2.15. The minimum Gasteiger partial charge on any atom is -0.310 e. The Morgan fingerprint density at radius 3 is 2.94 bits per heavy atom. The quantitative estimate of drug-likeness (QED) is 0.522. The number of aromatic nitrogens is 2. The normalized spacial score (nSPS) is 18.4. The molecule has 1 amide bonds. The van der Waals surface area contributed by atoms with Crippen LogP contribution in [0.3, 0.4) is 0 Å². The van der Waals surface area contributed by atoms with Crippen LogP contribution in [0.4, 0.5) is 5.82 Å². The number of nitrogens with zero attached hydrogens (tertiary/aromatic N) is 2. The summed E-state index contributed by atoms with van der Waals surface area (Å²) >= 11 is 11.3. The third-order valence-electron chi connectivity index (χ3n) is 2.50. The molecule has 1 aliphatic carbocycles. The second kappa shape index (κ2) is 5.47. The molecule has 0 fully saturated rings. The third kappa shape index (κ3) is 3.68. The molecule has 0 radical (unpaired) electrons. The van der Waals surface area contributed by atoms with Gasteiger partial charge in [-0.25, -0.2) is 9.97 Å². The highest BCUT2D eigenvalue weighted by Crippen LogP contribution is 2.21. The Hall–Kier alpha value is -1.13. The van der Waals surface area contributed by atoms with Gasteiger partial charge in [-0.05, 0) is 30.4 Å². The fourth-order valence-corrected chi connectivity index (χ4v) is 2.16. The van der Waals surface area contributed by atoms with E-state index in [4.69, 9.17) is 23.2 Å². The predicted octanol–water partition coefficient (Wildman–Crippen LogP) is 3.08. The topological polar surface area (TPSA) is 54.9 Å². The molecule has 1 aliphatic rings. The number of nitrogens with one attached hydrogen (secondary N) is 1. The lowest BCUT2D eigenvalue weighted by Gasteiger charge is -2.08. The molecule has 1 aromatic rings. The standard InChI is InChI=1S/C11H11Cl2N3O/c12-8-6-9(16-11(13)14-8)15-10(17)5-7-3-1-2-4-7/h1,3,6-7H,2,4-5H2,(H,14,15,16,17). The number of halogens is 2. The van der Waals surface area contributed by atoms with E-state index < -0.39 is 0 Å².